The van der Waals surface area contributed by atoms with Crippen LogP contribution in [0, 0.1) is 0 Å². The average molecular weight is 267 g/mol. The number of hydrogen-bond acceptors (Lipinski definition) is 3. The largest absolute Gasteiger partial charge is 0.399 e. The fourth-order valence-corrected chi connectivity index (χ4v) is 3.05. The molecule has 104 valence electrons. The summed E-state index contributed by atoms with van der Waals surface area (Å²) in [6.07, 6.45) is 0. The number of nitrogens with zero attached hydrogens (tertiary/aromatic N) is 1. The Balaban J connectivity index is 1.69. The van der Waals surface area contributed by atoms with Crippen LogP contribution in [-0.2, 0) is 6.54 Å². The maximum absolute atomic E-state index is 6.32. The Hall–Kier alpha value is -1.84. The highest BCUT2D eigenvalue weighted by Crippen LogP contribution is 2.27. The van der Waals surface area contributed by atoms with Gasteiger partial charge in [-0.1, -0.05) is 42.5 Å². The molecule has 1 aliphatic heterocycles. The Bertz CT molecular complexity index is 567. The summed E-state index contributed by atoms with van der Waals surface area (Å²) < 4.78 is 0. The van der Waals surface area contributed by atoms with Gasteiger partial charge in [-0.05, 0) is 23.3 Å². The van der Waals surface area contributed by atoms with Crippen molar-refractivity contribution < 1.29 is 0 Å². The van der Waals surface area contributed by atoms with E-state index in [1.807, 2.05) is 18.2 Å². The first-order valence-electron chi connectivity index (χ1n) is 7.09. The molecule has 0 unspecified atom stereocenters. The first-order chi connectivity index (χ1) is 9.72. The third-order valence-corrected chi connectivity index (χ3v) is 4.03. The quantitative estimate of drug-likeness (QED) is 0.838. The minimum Gasteiger partial charge on any atom is -0.399 e. The molecule has 2 aromatic rings. The van der Waals surface area contributed by atoms with Crippen molar-refractivity contribution in [1.29, 1.82) is 0 Å². The van der Waals surface area contributed by atoms with Gasteiger partial charge in [-0.15, -0.1) is 0 Å². The number of nitrogens with two attached hydrogens (primary N) is 2. The van der Waals surface area contributed by atoms with Crippen LogP contribution in [0.25, 0.3) is 0 Å². The lowest BCUT2D eigenvalue weighted by molar-refractivity contribution is 0.324. The van der Waals surface area contributed by atoms with Gasteiger partial charge >= 0.3 is 0 Å². The van der Waals surface area contributed by atoms with Crippen LogP contribution < -0.4 is 11.5 Å². The summed E-state index contributed by atoms with van der Waals surface area (Å²) in [6.45, 7) is 2.87. The van der Waals surface area contributed by atoms with Gasteiger partial charge in [0, 0.05) is 37.3 Å². The van der Waals surface area contributed by atoms with Crippen molar-refractivity contribution in [2.24, 2.45) is 5.73 Å². The Labute approximate surface area is 120 Å². The van der Waals surface area contributed by atoms with Gasteiger partial charge in [-0.2, -0.15) is 0 Å². The maximum atomic E-state index is 6.32. The summed E-state index contributed by atoms with van der Waals surface area (Å²) in [5.41, 5.74) is 15.6. The minimum absolute atomic E-state index is 0.207. The number of rotatable bonds is 3. The summed E-state index contributed by atoms with van der Waals surface area (Å²) in [6, 6.07) is 18.9. The second kappa shape index (κ2) is 5.65. The zero-order valence-electron chi connectivity index (χ0n) is 11.6. The Morgan fingerprint density at radius 2 is 1.80 bits per heavy atom. The highest BCUT2D eigenvalue weighted by molar-refractivity contribution is 5.40. The molecule has 0 aliphatic carbocycles. The molecule has 2 atom stereocenters. The molecule has 2 aromatic carbocycles. The monoisotopic (exact) mass is 267 g/mol. The van der Waals surface area contributed by atoms with Crippen molar-refractivity contribution in [3.8, 4) is 0 Å². The van der Waals surface area contributed by atoms with Crippen LogP contribution in [0.15, 0.2) is 54.6 Å². The first-order valence-corrected chi connectivity index (χ1v) is 7.09. The zero-order valence-corrected chi connectivity index (χ0v) is 11.6. The molecule has 0 bridgehead atoms. The number of nitrogen functional groups attached to an aromatic ring is 1. The van der Waals surface area contributed by atoms with Gasteiger partial charge in [0.05, 0.1) is 0 Å². The molecule has 1 fully saturated rings. The fourth-order valence-electron chi connectivity index (χ4n) is 3.05. The van der Waals surface area contributed by atoms with E-state index in [0.29, 0.717) is 5.92 Å². The topological polar surface area (TPSA) is 55.3 Å². The molecule has 20 heavy (non-hydrogen) atoms. The molecule has 3 heteroatoms. The van der Waals surface area contributed by atoms with E-state index >= 15 is 0 Å². The van der Waals surface area contributed by atoms with Gasteiger partial charge in [0.15, 0.2) is 0 Å². The van der Waals surface area contributed by atoms with Crippen molar-refractivity contribution in [3.63, 3.8) is 0 Å². The van der Waals surface area contributed by atoms with Crippen LogP contribution in [0.5, 0.6) is 0 Å². The predicted octanol–water partition coefficient (Wildman–Crippen LogP) is 2.20. The van der Waals surface area contributed by atoms with E-state index in [2.05, 4.69) is 41.3 Å². The molecule has 0 aromatic heterocycles. The summed E-state index contributed by atoms with van der Waals surface area (Å²) in [5.74, 6) is 0.428. The molecule has 0 radical (unpaired) electrons. The van der Waals surface area contributed by atoms with Crippen LogP contribution in [0.1, 0.15) is 17.0 Å². The smallest absolute Gasteiger partial charge is 0.0317 e. The summed E-state index contributed by atoms with van der Waals surface area (Å²) >= 11 is 0. The summed E-state index contributed by atoms with van der Waals surface area (Å²) in [4.78, 5) is 2.41. The van der Waals surface area contributed by atoms with Gasteiger partial charge in [-0.3, -0.25) is 4.90 Å². The van der Waals surface area contributed by atoms with Crippen molar-refractivity contribution >= 4 is 5.69 Å². The van der Waals surface area contributed by atoms with Crippen LogP contribution >= 0.6 is 0 Å². The van der Waals surface area contributed by atoms with Crippen LogP contribution in [0.4, 0.5) is 5.69 Å². The molecular formula is C17H21N3. The Kier molecular flexibility index (Phi) is 3.72. The molecule has 4 N–H and O–H groups in total. The van der Waals surface area contributed by atoms with Crippen molar-refractivity contribution in [1.82, 2.24) is 4.90 Å². The number of hydrogen-bond donors (Lipinski definition) is 2. The van der Waals surface area contributed by atoms with Crippen LogP contribution in [0.3, 0.4) is 0 Å². The van der Waals surface area contributed by atoms with E-state index < -0.39 is 0 Å². The van der Waals surface area contributed by atoms with Gasteiger partial charge in [0.2, 0.25) is 0 Å². The van der Waals surface area contributed by atoms with Crippen LogP contribution in [0.2, 0.25) is 0 Å². The molecule has 0 spiro atoms. The SMILES string of the molecule is Nc1cccc(CN2C[C@@H](N)[C@H](c3ccccc3)C2)c1. The highest BCUT2D eigenvalue weighted by Gasteiger charge is 2.30. The van der Waals surface area contributed by atoms with Crippen molar-refractivity contribution in [2.45, 2.75) is 18.5 Å². The van der Waals surface area contributed by atoms with Gasteiger partial charge in [0.25, 0.3) is 0 Å². The highest BCUT2D eigenvalue weighted by atomic mass is 15.2. The second-order valence-electron chi connectivity index (χ2n) is 5.62. The number of benzene rings is 2. The van der Waals surface area contributed by atoms with E-state index in [4.69, 9.17) is 11.5 Å². The number of likely N-dealkylation sites (tertiary alicyclic amines) is 1. The molecule has 1 aliphatic rings. The van der Waals surface area contributed by atoms with E-state index in [0.717, 1.165) is 25.3 Å². The number of anilines is 1. The Morgan fingerprint density at radius 3 is 2.55 bits per heavy atom. The van der Waals surface area contributed by atoms with Crippen molar-refractivity contribution in [3.05, 3.63) is 65.7 Å². The van der Waals surface area contributed by atoms with E-state index in [1.165, 1.54) is 11.1 Å². The zero-order chi connectivity index (χ0) is 13.9. The lowest BCUT2D eigenvalue weighted by Gasteiger charge is -2.16. The lowest BCUT2D eigenvalue weighted by Crippen LogP contribution is -2.28. The Morgan fingerprint density at radius 1 is 1.00 bits per heavy atom. The van der Waals surface area contributed by atoms with E-state index in [-0.39, 0.29) is 6.04 Å². The second-order valence-corrected chi connectivity index (χ2v) is 5.62. The van der Waals surface area contributed by atoms with Gasteiger partial charge < -0.3 is 11.5 Å². The summed E-state index contributed by atoms with van der Waals surface area (Å²) in [5, 5.41) is 0. The molecule has 1 saturated heterocycles. The average Bonchev–Trinajstić information content (AvgIpc) is 2.80. The standard InChI is InChI=1S/C17H21N3/c18-15-8-4-5-13(9-15)10-20-11-16(17(19)12-20)14-6-2-1-3-7-14/h1-9,16-17H,10-12,18-19H2/t16-,17+/m0/s1. The van der Waals surface area contributed by atoms with E-state index in [1.54, 1.807) is 0 Å². The molecule has 0 amide bonds. The van der Waals surface area contributed by atoms with Crippen LogP contribution in [-0.4, -0.2) is 24.0 Å². The van der Waals surface area contributed by atoms with Crippen molar-refractivity contribution in [2.75, 3.05) is 18.8 Å². The lowest BCUT2D eigenvalue weighted by atomic mass is 9.95. The predicted molar refractivity (Wildman–Crippen MR) is 83.3 cm³/mol. The summed E-state index contributed by atoms with van der Waals surface area (Å²) in [7, 11) is 0. The minimum atomic E-state index is 0.207. The molecule has 0 saturated carbocycles. The first kappa shape index (κ1) is 13.2. The third-order valence-electron chi connectivity index (χ3n) is 4.03. The third kappa shape index (κ3) is 2.84. The van der Waals surface area contributed by atoms with Gasteiger partial charge in [0.1, 0.15) is 0 Å². The maximum Gasteiger partial charge on any atom is 0.0317 e. The fraction of sp³-hybridized carbons (Fsp3) is 0.294. The molecule has 1 heterocycles. The van der Waals surface area contributed by atoms with Gasteiger partial charge in [-0.25, -0.2) is 0 Å². The van der Waals surface area contributed by atoms with E-state index in [9.17, 15) is 0 Å². The molecule has 3 nitrogen and oxygen atoms in total. The normalized spacial score (nSPS) is 23.1. The molecule has 3 rings (SSSR count). The molecular weight excluding hydrogens is 246 g/mol.